The lowest BCUT2D eigenvalue weighted by Gasteiger charge is -2.36. The number of esters is 1. The molecule has 1 aromatic carbocycles. The first-order valence-corrected chi connectivity index (χ1v) is 9.33. The van der Waals surface area contributed by atoms with Crippen LogP contribution in [0.5, 0.6) is 0 Å². The van der Waals surface area contributed by atoms with E-state index in [2.05, 4.69) is 5.32 Å². The van der Waals surface area contributed by atoms with Gasteiger partial charge in [-0.25, -0.2) is 4.79 Å². The normalized spacial score (nSPS) is 25.5. The minimum atomic E-state index is -0.876. The highest BCUT2D eigenvalue weighted by Gasteiger charge is 2.55. The molecule has 3 rings (SSSR count). The van der Waals surface area contributed by atoms with Crippen molar-refractivity contribution in [3.63, 3.8) is 0 Å². The van der Waals surface area contributed by atoms with Crippen LogP contribution >= 0.6 is 23.2 Å². The molecule has 1 spiro atoms. The van der Waals surface area contributed by atoms with Crippen LogP contribution in [0.2, 0.25) is 10.0 Å². The van der Waals surface area contributed by atoms with Gasteiger partial charge in [-0.15, -0.1) is 0 Å². The summed E-state index contributed by atoms with van der Waals surface area (Å²) in [6, 6.07) is 4.37. The Bertz CT molecular complexity index is 755. The molecule has 6 nitrogen and oxygen atoms in total. The maximum absolute atomic E-state index is 12.8. The van der Waals surface area contributed by atoms with E-state index in [0.717, 1.165) is 24.2 Å². The molecule has 1 aliphatic heterocycles. The third-order valence-electron chi connectivity index (χ3n) is 5.17. The number of amides is 3. The quantitative estimate of drug-likeness (QED) is 0.621. The van der Waals surface area contributed by atoms with Gasteiger partial charge in [-0.3, -0.25) is 14.5 Å². The van der Waals surface area contributed by atoms with Crippen LogP contribution in [0.3, 0.4) is 0 Å². The van der Waals surface area contributed by atoms with E-state index in [1.807, 2.05) is 6.92 Å². The van der Waals surface area contributed by atoms with Crippen molar-refractivity contribution in [2.24, 2.45) is 5.92 Å². The lowest BCUT2D eigenvalue weighted by molar-refractivity contribution is -0.149. The molecule has 0 radical (unpaired) electrons. The van der Waals surface area contributed by atoms with Crippen LogP contribution < -0.4 is 5.32 Å². The number of nitrogens with one attached hydrogen (secondary N) is 1. The third-order valence-corrected chi connectivity index (χ3v) is 5.91. The number of ether oxygens (including phenoxy) is 1. The number of carbonyl (C=O) groups excluding carboxylic acids is 3. The van der Waals surface area contributed by atoms with Crippen LogP contribution in [-0.2, 0) is 20.9 Å². The number of benzene rings is 1. The Morgan fingerprint density at radius 1 is 1.31 bits per heavy atom. The zero-order valence-corrected chi connectivity index (χ0v) is 15.9. The van der Waals surface area contributed by atoms with Crippen molar-refractivity contribution in [2.75, 3.05) is 6.54 Å². The zero-order chi connectivity index (χ0) is 18.9. The molecule has 26 heavy (non-hydrogen) atoms. The Morgan fingerprint density at radius 2 is 2.08 bits per heavy atom. The number of imide groups is 1. The molecule has 1 N–H and O–H groups in total. The predicted octanol–water partition coefficient (Wildman–Crippen LogP) is 3.54. The summed E-state index contributed by atoms with van der Waals surface area (Å²) in [7, 11) is 0. The van der Waals surface area contributed by atoms with Gasteiger partial charge in [0, 0.05) is 0 Å². The molecule has 2 fully saturated rings. The van der Waals surface area contributed by atoms with E-state index in [-0.39, 0.29) is 18.4 Å². The van der Waals surface area contributed by atoms with Crippen LogP contribution in [0.25, 0.3) is 0 Å². The fourth-order valence-corrected chi connectivity index (χ4v) is 3.93. The summed E-state index contributed by atoms with van der Waals surface area (Å²) in [5.41, 5.74) is -0.207. The summed E-state index contributed by atoms with van der Waals surface area (Å²) in [4.78, 5) is 38.1. The smallest absolute Gasteiger partial charge is 0.326 e. The largest absolute Gasteiger partial charge is 0.459 e. The summed E-state index contributed by atoms with van der Waals surface area (Å²) in [6.07, 6.45) is 3.40. The molecule has 8 heteroatoms. The highest BCUT2D eigenvalue weighted by molar-refractivity contribution is 6.42. The van der Waals surface area contributed by atoms with E-state index >= 15 is 0 Å². The maximum atomic E-state index is 12.8. The van der Waals surface area contributed by atoms with Crippen molar-refractivity contribution in [1.29, 1.82) is 0 Å². The molecular formula is C18H20Cl2N2O4. The molecule has 1 saturated heterocycles. The first kappa shape index (κ1) is 19.0. The molecule has 3 amide bonds. The Balaban J connectivity index is 1.61. The predicted molar refractivity (Wildman–Crippen MR) is 96.9 cm³/mol. The second-order valence-electron chi connectivity index (χ2n) is 6.85. The van der Waals surface area contributed by atoms with Gasteiger partial charge in [0.05, 0.1) is 10.0 Å². The highest BCUT2D eigenvalue weighted by atomic mass is 35.5. The van der Waals surface area contributed by atoms with Crippen LogP contribution in [0.4, 0.5) is 4.79 Å². The summed E-state index contributed by atoms with van der Waals surface area (Å²) in [5.74, 6) is -0.939. The summed E-state index contributed by atoms with van der Waals surface area (Å²) in [5, 5.41) is 3.58. The molecule has 0 aromatic heterocycles. The second kappa shape index (κ2) is 7.45. The molecule has 140 valence electrons. The Labute approximate surface area is 161 Å². The number of carbonyl (C=O) groups is 3. The van der Waals surface area contributed by atoms with E-state index in [4.69, 9.17) is 27.9 Å². The van der Waals surface area contributed by atoms with Gasteiger partial charge < -0.3 is 10.1 Å². The molecule has 1 aliphatic carbocycles. The standard InChI is InChI=1S/C18H20Cl2N2O4/c1-11-4-2-3-7-18(11)16(24)22(17(25)21-18)9-15(23)26-10-12-5-6-13(19)14(20)8-12/h5-6,8,11H,2-4,7,9-10H2,1H3,(H,21,25). The van der Waals surface area contributed by atoms with Crippen LogP contribution in [-0.4, -0.2) is 34.9 Å². The number of halogens is 2. The number of rotatable bonds is 4. The maximum Gasteiger partial charge on any atom is 0.326 e. The molecule has 2 atom stereocenters. The van der Waals surface area contributed by atoms with E-state index in [1.165, 1.54) is 0 Å². The molecule has 2 aliphatic rings. The van der Waals surface area contributed by atoms with Gasteiger partial charge in [0.15, 0.2) is 0 Å². The Morgan fingerprint density at radius 3 is 2.77 bits per heavy atom. The average molecular weight is 399 g/mol. The topological polar surface area (TPSA) is 75.7 Å². The van der Waals surface area contributed by atoms with Crippen molar-refractivity contribution in [3.8, 4) is 0 Å². The molecule has 1 heterocycles. The SMILES string of the molecule is CC1CCCCC12NC(=O)N(CC(=O)OCc1ccc(Cl)c(Cl)c1)C2=O. The molecular weight excluding hydrogens is 379 g/mol. The van der Waals surface area contributed by atoms with Gasteiger partial charge in [0.2, 0.25) is 0 Å². The van der Waals surface area contributed by atoms with Crippen LogP contribution in [0, 0.1) is 5.92 Å². The highest BCUT2D eigenvalue weighted by Crippen LogP contribution is 2.38. The third kappa shape index (κ3) is 3.53. The number of hydrogen-bond acceptors (Lipinski definition) is 4. The first-order chi connectivity index (χ1) is 12.3. The van der Waals surface area contributed by atoms with Crippen LogP contribution in [0.15, 0.2) is 18.2 Å². The number of urea groups is 1. The summed E-state index contributed by atoms with van der Waals surface area (Å²) >= 11 is 11.8. The van der Waals surface area contributed by atoms with Gasteiger partial charge >= 0.3 is 12.0 Å². The van der Waals surface area contributed by atoms with E-state index in [0.29, 0.717) is 22.0 Å². The average Bonchev–Trinajstić information content (AvgIpc) is 2.84. The minimum absolute atomic E-state index is 0.0130. The lowest BCUT2D eigenvalue weighted by Crippen LogP contribution is -2.54. The monoisotopic (exact) mass is 398 g/mol. The minimum Gasteiger partial charge on any atom is -0.459 e. The van der Waals surface area contributed by atoms with Gasteiger partial charge in [0.1, 0.15) is 18.7 Å². The van der Waals surface area contributed by atoms with Crippen molar-refractivity contribution >= 4 is 41.1 Å². The number of nitrogens with zero attached hydrogens (tertiary/aromatic N) is 1. The number of hydrogen-bond donors (Lipinski definition) is 1. The Hall–Kier alpha value is -1.79. The van der Waals surface area contributed by atoms with E-state index < -0.39 is 24.1 Å². The van der Waals surface area contributed by atoms with Crippen molar-refractivity contribution in [2.45, 2.75) is 44.8 Å². The fraction of sp³-hybridized carbons (Fsp3) is 0.500. The fourth-order valence-electron chi connectivity index (χ4n) is 3.61. The van der Waals surface area contributed by atoms with Gasteiger partial charge in [0.25, 0.3) is 5.91 Å². The summed E-state index contributed by atoms with van der Waals surface area (Å²) in [6.45, 7) is 1.55. The summed E-state index contributed by atoms with van der Waals surface area (Å²) < 4.78 is 5.17. The Kier molecular flexibility index (Phi) is 5.44. The molecule has 1 saturated carbocycles. The second-order valence-corrected chi connectivity index (χ2v) is 7.66. The lowest BCUT2D eigenvalue weighted by atomic mass is 9.73. The molecule has 2 unspecified atom stereocenters. The van der Waals surface area contributed by atoms with Gasteiger partial charge in [-0.1, -0.05) is 49.0 Å². The molecule has 0 bridgehead atoms. The van der Waals surface area contributed by atoms with Gasteiger partial charge in [-0.2, -0.15) is 0 Å². The molecule has 1 aromatic rings. The van der Waals surface area contributed by atoms with Crippen molar-refractivity contribution in [1.82, 2.24) is 10.2 Å². The van der Waals surface area contributed by atoms with E-state index in [1.54, 1.807) is 18.2 Å². The van der Waals surface area contributed by atoms with E-state index in [9.17, 15) is 14.4 Å². The van der Waals surface area contributed by atoms with Gasteiger partial charge in [-0.05, 0) is 36.5 Å². The van der Waals surface area contributed by atoms with Crippen LogP contribution in [0.1, 0.15) is 38.2 Å². The van der Waals surface area contributed by atoms with Crippen molar-refractivity contribution < 1.29 is 19.1 Å². The van der Waals surface area contributed by atoms with Crippen molar-refractivity contribution in [3.05, 3.63) is 33.8 Å². The first-order valence-electron chi connectivity index (χ1n) is 8.57. The zero-order valence-electron chi connectivity index (χ0n) is 14.4.